The minimum absolute atomic E-state index is 0.284. The van der Waals surface area contributed by atoms with Crippen molar-refractivity contribution in [1.82, 2.24) is 4.98 Å². The normalized spacial score (nSPS) is 13.3. The molecule has 4 nitrogen and oxygen atoms in total. The van der Waals surface area contributed by atoms with Crippen molar-refractivity contribution < 1.29 is 5.11 Å². The molecule has 1 aromatic carbocycles. The molecule has 0 aliphatic carbocycles. The standard InChI is InChI=1S/C15H14ClN3O/c1-15(20,12-3-2-4-13(16)7-12)10-19-14-6-5-11(8-17)9-18-14/h2-7,9,20H,10H2,1H3,(H,18,19)/t15-/m1/s1. The van der Waals surface area contributed by atoms with Gasteiger partial charge in [0.15, 0.2) is 0 Å². The number of pyridine rings is 1. The third-order valence-electron chi connectivity index (χ3n) is 2.95. The number of aromatic nitrogens is 1. The zero-order valence-corrected chi connectivity index (χ0v) is 11.7. The van der Waals surface area contributed by atoms with E-state index in [0.717, 1.165) is 5.56 Å². The fraction of sp³-hybridized carbons (Fsp3) is 0.200. The molecule has 2 aromatic rings. The Bertz CT molecular complexity index is 632. The molecule has 102 valence electrons. The number of nitriles is 1. The van der Waals surface area contributed by atoms with Crippen molar-refractivity contribution in [2.24, 2.45) is 0 Å². The van der Waals surface area contributed by atoms with Crippen LogP contribution in [0, 0.1) is 11.3 Å². The van der Waals surface area contributed by atoms with Crippen LogP contribution in [0.3, 0.4) is 0 Å². The van der Waals surface area contributed by atoms with Crippen LogP contribution in [0.4, 0.5) is 5.82 Å². The molecular formula is C15H14ClN3O. The number of nitrogens with one attached hydrogen (secondary N) is 1. The van der Waals surface area contributed by atoms with Crippen molar-refractivity contribution in [3.8, 4) is 6.07 Å². The molecule has 0 fully saturated rings. The van der Waals surface area contributed by atoms with Gasteiger partial charge in [-0.15, -0.1) is 0 Å². The van der Waals surface area contributed by atoms with Gasteiger partial charge < -0.3 is 10.4 Å². The number of halogens is 1. The summed E-state index contributed by atoms with van der Waals surface area (Å²) in [7, 11) is 0. The van der Waals surface area contributed by atoms with Gasteiger partial charge in [0.1, 0.15) is 17.5 Å². The van der Waals surface area contributed by atoms with Gasteiger partial charge >= 0.3 is 0 Å². The Labute approximate surface area is 122 Å². The molecule has 0 saturated heterocycles. The summed E-state index contributed by atoms with van der Waals surface area (Å²) in [6.45, 7) is 1.99. The minimum Gasteiger partial charge on any atom is -0.384 e. The molecular weight excluding hydrogens is 274 g/mol. The predicted octanol–water partition coefficient (Wildman–Crippen LogP) is 2.93. The number of hydrogen-bond donors (Lipinski definition) is 2. The van der Waals surface area contributed by atoms with Crippen LogP contribution in [-0.4, -0.2) is 16.6 Å². The summed E-state index contributed by atoms with van der Waals surface area (Å²) in [5, 5.41) is 22.8. The van der Waals surface area contributed by atoms with Crippen LogP contribution < -0.4 is 5.32 Å². The second-order valence-corrected chi connectivity index (χ2v) is 5.12. The number of hydrogen-bond acceptors (Lipinski definition) is 4. The smallest absolute Gasteiger partial charge is 0.126 e. The van der Waals surface area contributed by atoms with Crippen molar-refractivity contribution in [1.29, 1.82) is 5.26 Å². The Balaban J connectivity index is 2.06. The number of aliphatic hydroxyl groups is 1. The van der Waals surface area contributed by atoms with Crippen molar-refractivity contribution in [3.63, 3.8) is 0 Å². The quantitative estimate of drug-likeness (QED) is 0.907. The van der Waals surface area contributed by atoms with E-state index in [1.165, 1.54) is 6.20 Å². The lowest BCUT2D eigenvalue weighted by Gasteiger charge is -2.24. The summed E-state index contributed by atoms with van der Waals surface area (Å²) in [4.78, 5) is 4.09. The predicted molar refractivity (Wildman–Crippen MR) is 78.5 cm³/mol. The zero-order valence-electron chi connectivity index (χ0n) is 11.0. The average molecular weight is 288 g/mol. The average Bonchev–Trinajstić information content (AvgIpc) is 2.46. The molecule has 5 heteroatoms. The van der Waals surface area contributed by atoms with Gasteiger partial charge in [0.2, 0.25) is 0 Å². The molecule has 0 spiro atoms. The van der Waals surface area contributed by atoms with E-state index in [0.29, 0.717) is 16.4 Å². The molecule has 1 aromatic heterocycles. The summed E-state index contributed by atoms with van der Waals surface area (Å²) >= 11 is 5.93. The van der Waals surface area contributed by atoms with Gasteiger partial charge in [-0.1, -0.05) is 23.7 Å². The third kappa shape index (κ3) is 3.47. The molecule has 0 aliphatic rings. The second kappa shape index (κ2) is 5.91. The van der Waals surface area contributed by atoms with E-state index in [9.17, 15) is 5.11 Å². The van der Waals surface area contributed by atoms with E-state index in [2.05, 4.69) is 10.3 Å². The molecule has 1 atom stereocenters. The molecule has 1 heterocycles. The highest BCUT2D eigenvalue weighted by molar-refractivity contribution is 6.30. The molecule has 2 N–H and O–H groups in total. The second-order valence-electron chi connectivity index (χ2n) is 4.68. The van der Waals surface area contributed by atoms with Gasteiger partial charge in [0, 0.05) is 17.8 Å². The third-order valence-corrected chi connectivity index (χ3v) is 3.19. The minimum atomic E-state index is -1.07. The van der Waals surface area contributed by atoms with Crippen molar-refractivity contribution in [3.05, 3.63) is 58.7 Å². The summed E-state index contributed by atoms with van der Waals surface area (Å²) in [5.74, 6) is 0.603. The highest BCUT2D eigenvalue weighted by Gasteiger charge is 2.23. The van der Waals surface area contributed by atoms with Crippen molar-refractivity contribution >= 4 is 17.4 Å². The first kappa shape index (κ1) is 14.3. The Morgan fingerprint density at radius 1 is 1.40 bits per heavy atom. The van der Waals surface area contributed by atoms with E-state index in [4.69, 9.17) is 16.9 Å². The number of benzene rings is 1. The number of rotatable bonds is 4. The Hall–Kier alpha value is -2.09. The topological polar surface area (TPSA) is 68.9 Å². The maximum absolute atomic E-state index is 10.5. The van der Waals surface area contributed by atoms with Crippen LogP contribution in [0.15, 0.2) is 42.6 Å². The van der Waals surface area contributed by atoms with E-state index in [-0.39, 0.29) is 6.54 Å². The lowest BCUT2D eigenvalue weighted by molar-refractivity contribution is 0.0714. The molecule has 2 rings (SSSR count). The molecule has 0 saturated carbocycles. The highest BCUT2D eigenvalue weighted by atomic mass is 35.5. The van der Waals surface area contributed by atoms with Crippen LogP contribution in [0.1, 0.15) is 18.1 Å². The number of nitrogens with zero attached hydrogens (tertiary/aromatic N) is 2. The first-order chi connectivity index (χ1) is 9.51. The SMILES string of the molecule is C[C@@](O)(CNc1ccc(C#N)cn1)c1cccc(Cl)c1. The first-order valence-electron chi connectivity index (χ1n) is 6.10. The van der Waals surface area contributed by atoms with Gasteiger partial charge in [0.25, 0.3) is 0 Å². The fourth-order valence-electron chi connectivity index (χ4n) is 1.75. The van der Waals surface area contributed by atoms with Gasteiger partial charge in [-0.25, -0.2) is 4.98 Å². The monoisotopic (exact) mass is 287 g/mol. The molecule has 0 unspecified atom stereocenters. The van der Waals surface area contributed by atoms with Crippen molar-refractivity contribution in [2.75, 3.05) is 11.9 Å². The molecule has 0 amide bonds. The van der Waals surface area contributed by atoms with Crippen LogP contribution in [0.2, 0.25) is 5.02 Å². The molecule has 0 aliphatic heterocycles. The summed E-state index contributed by atoms with van der Waals surface area (Å²) in [6, 6.07) is 12.5. The summed E-state index contributed by atoms with van der Waals surface area (Å²) in [5.41, 5.74) is 0.156. The molecule has 20 heavy (non-hydrogen) atoms. The van der Waals surface area contributed by atoms with E-state index in [1.54, 1.807) is 37.3 Å². The first-order valence-corrected chi connectivity index (χ1v) is 6.47. The van der Waals surface area contributed by atoms with Crippen LogP contribution in [0.25, 0.3) is 0 Å². The Morgan fingerprint density at radius 2 is 2.20 bits per heavy atom. The fourth-order valence-corrected chi connectivity index (χ4v) is 1.94. The van der Waals surface area contributed by atoms with Gasteiger partial charge in [0.05, 0.1) is 5.56 Å². The highest BCUT2D eigenvalue weighted by Crippen LogP contribution is 2.23. The van der Waals surface area contributed by atoms with E-state index < -0.39 is 5.60 Å². The van der Waals surface area contributed by atoms with Gasteiger partial charge in [-0.2, -0.15) is 5.26 Å². The maximum Gasteiger partial charge on any atom is 0.126 e. The lowest BCUT2D eigenvalue weighted by Crippen LogP contribution is -2.30. The van der Waals surface area contributed by atoms with Gasteiger partial charge in [-0.3, -0.25) is 0 Å². The van der Waals surface area contributed by atoms with E-state index >= 15 is 0 Å². The van der Waals surface area contributed by atoms with Crippen LogP contribution in [-0.2, 0) is 5.60 Å². The van der Waals surface area contributed by atoms with Crippen LogP contribution >= 0.6 is 11.6 Å². The molecule has 0 radical (unpaired) electrons. The number of anilines is 1. The van der Waals surface area contributed by atoms with Crippen molar-refractivity contribution in [2.45, 2.75) is 12.5 Å². The summed E-state index contributed by atoms with van der Waals surface area (Å²) in [6.07, 6.45) is 1.48. The largest absolute Gasteiger partial charge is 0.384 e. The van der Waals surface area contributed by atoms with Crippen LogP contribution in [0.5, 0.6) is 0 Å². The Kier molecular flexibility index (Phi) is 4.23. The van der Waals surface area contributed by atoms with E-state index in [1.807, 2.05) is 12.1 Å². The lowest BCUT2D eigenvalue weighted by atomic mass is 9.96. The molecule has 0 bridgehead atoms. The Morgan fingerprint density at radius 3 is 2.80 bits per heavy atom. The zero-order chi connectivity index (χ0) is 14.6. The maximum atomic E-state index is 10.5. The summed E-state index contributed by atoms with van der Waals surface area (Å²) < 4.78 is 0. The van der Waals surface area contributed by atoms with Gasteiger partial charge in [-0.05, 0) is 36.8 Å².